The molecule has 0 atom stereocenters. The van der Waals surface area contributed by atoms with Crippen molar-refractivity contribution in [1.82, 2.24) is 4.90 Å². The van der Waals surface area contributed by atoms with Crippen LogP contribution in [0, 0.1) is 0 Å². The van der Waals surface area contributed by atoms with E-state index in [9.17, 15) is 0 Å². The van der Waals surface area contributed by atoms with Gasteiger partial charge in [-0.2, -0.15) is 0 Å². The summed E-state index contributed by atoms with van der Waals surface area (Å²) in [7, 11) is 1.25. The second-order valence-corrected chi connectivity index (χ2v) is 9.80. The maximum absolute atomic E-state index is 5.73. The van der Waals surface area contributed by atoms with Gasteiger partial charge in [0.2, 0.25) is 0 Å². The maximum atomic E-state index is 5.73. The largest absolute Gasteiger partial charge is 0.308 e. The molecule has 0 radical (unpaired) electrons. The first-order chi connectivity index (χ1) is 6.14. The lowest BCUT2D eigenvalue weighted by Gasteiger charge is -2.32. The summed E-state index contributed by atoms with van der Waals surface area (Å²) in [4.78, 5) is 2.41. The summed E-state index contributed by atoms with van der Waals surface area (Å²) in [5.74, 6) is 0.762. The van der Waals surface area contributed by atoms with E-state index in [-0.39, 0.29) is 0 Å². The van der Waals surface area contributed by atoms with Crippen LogP contribution >= 0.6 is 11.6 Å². The maximum Gasteiger partial charge on any atom is 0.0682 e. The monoisotopic (exact) mass is 221 g/mol. The highest BCUT2D eigenvalue weighted by molar-refractivity contribution is 6.79. The van der Waals surface area contributed by atoms with Crippen molar-refractivity contribution in [3.05, 3.63) is 0 Å². The molecule has 0 bridgehead atoms. The molecule has 0 saturated carbocycles. The van der Waals surface area contributed by atoms with Crippen LogP contribution in [-0.2, 0) is 0 Å². The summed E-state index contributed by atoms with van der Waals surface area (Å²) in [5, 5.41) is 0. The molecule has 0 aliphatic carbocycles. The van der Waals surface area contributed by atoms with Crippen LogP contribution in [0.3, 0.4) is 0 Å². The van der Waals surface area contributed by atoms with Gasteiger partial charge in [-0.05, 0) is 13.2 Å². The third kappa shape index (κ3) is 4.48. The molecule has 13 heavy (non-hydrogen) atoms. The van der Waals surface area contributed by atoms with E-state index in [4.69, 9.17) is 11.6 Å². The van der Waals surface area contributed by atoms with Crippen molar-refractivity contribution < 1.29 is 0 Å². The normalized spacial score (nSPS) is 12.5. The highest BCUT2D eigenvalue weighted by atomic mass is 35.5. The molecular weight excluding hydrogens is 198 g/mol. The molecule has 0 N–H and O–H groups in total. The van der Waals surface area contributed by atoms with E-state index in [1.165, 1.54) is 24.3 Å². The molecule has 0 aliphatic rings. The second kappa shape index (κ2) is 6.85. The Labute approximate surface area is 89.5 Å². The van der Waals surface area contributed by atoms with Crippen LogP contribution in [0.4, 0.5) is 0 Å². The van der Waals surface area contributed by atoms with E-state index in [1.807, 2.05) is 0 Å². The summed E-state index contributed by atoms with van der Waals surface area (Å²) in [6, 6.07) is 4.23. The molecule has 1 nitrogen and oxygen atoms in total. The lowest BCUT2D eigenvalue weighted by atomic mass is 10.7. The van der Waals surface area contributed by atoms with Gasteiger partial charge in [-0.3, -0.25) is 0 Å². The zero-order valence-electron chi connectivity index (χ0n) is 9.57. The van der Waals surface area contributed by atoms with E-state index < -0.39 is 8.07 Å². The zero-order chi connectivity index (χ0) is 10.3. The predicted molar refractivity (Wildman–Crippen MR) is 65.4 cm³/mol. The predicted octanol–water partition coefficient (Wildman–Crippen LogP) is 3.20. The fourth-order valence-corrected chi connectivity index (χ4v) is 5.64. The van der Waals surface area contributed by atoms with Crippen LogP contribution in [0.15, 0.2) is 0 Å². The topological polar surface area (TPSA) is 3.24 Å². The van der Waals surface area contributed by atoms with Gasteiger partial charge in [-0.25, -0.2) is 0 Å². The highest BCUT2D eigenvalue weighted by Gasteiger charge is 2.27. The number of hydrogen-bond acceptors (Lipinski definition) is 1. The minimum Gasteiger partial charge on any atom is -0.308 e. The lowest BCUT2D eigenvalue weighted by molar-refractivity contribution is 0.404. The Morgan fingerprint density at radius 2 is 1.54 bits per heavy atom. The van der Waals surface area contributed by atoms with Gasteiger partial charge in [0.05, 0.1) is 8.07 Å². The van der Waals surface area contributed by atoms with Crippen molar-refractivity contribution in [2.45, 2.75) is 38.9 Å². The molecule has 0 saturated heterocycles. The Bertz CT molecular complexity index is 118. The number of halogens is 1. The number of rotatable bonds is 7. The van der Waals surface area contributed by atoms with Crippen LogP contribution < -0.4 is 0 Å². The van der Waals surface area contributed by atoms with Gasteiger partial charge < -0.3 is 4.90 Å². The van der Waals surface area contributed by atoms with Crippen LogP contribution in [0.5, 0.6) is 0 Å². The number of alkyl halides is 1. The van der Waals surface area contributed by atoms with Crippen molar-refractivity contribution in [1.29, 1.82) is 0 Å². The Kier molecular flexibility index (Phi) is 7.10. The van der Waals surface area contributed by atoms with Crippen LogP contribution in [-0.4, -0.2) is 38.6 Å². The minimum absolute atomic E-state index is 0.762. The van der Waals surface area contributed by atoms with Crippen molar-refractivity contribution >= 4 is 19.7 Å². The summed E-state index contributed by atoms with van der Waals surface area (Å²) in [6.07, 6.45) is 1.32. The molecule has 80 valence electrons. The third-order valence-electron chi connectivity index (χ3n) is 3.32. The van der Waals surface area contributed by atoms with Crippen molar-refractivity contribution in [2.24, 2.45) is 0 Å². The third-order valence-corrected chi connectivity index (χ3v) is 9.20. The number of nitrogens with zero attached hydrogens (tertiary/aromatic N) is 1. The van der Waals surface area contributed by atoms with Crippen molar-refractivity contribution in [2.75, 3.05) is 25.6 Å². The van der Waals surface area contributed by atoms with Crippen LogP contribution in [0.2, 0.25) is 18.1 Å². The minimum atomic E-state index is -0.950. The van der Waals surface area contributed by atoms with E-state index >= 15 is 0 Å². The van der Waals surface area contributed by atoms with Gasteiger partial charge in [-0.15, -0.1) is 11.6 Å². The van der Waals surface area contributed by atoms with Crippen LogP contribution in [0.1, 0.15) is 20.8 Å². The molecule has 0 aliphatic heterocycles. The Morgan fingerprint density at radius 3 is 1.85 bits per heavy atom. The molecule has 0 spiro atoms. The van der Waals surface area contributed by atoms with Crippen molar-refractivity contribution in [3.8, 4) is 0 Å². The molecule has 3 heteroatoms. The zero-order valence-corrected chi connectivity index (χ0v) is 11.3. The molecule has 0 fully saturated rings. The molecule has 0 heterocycles. The highest BCUT2D eigenvalue weighted by Crippen LogP contribution is 2.20. The first kappa shape index (κ1) is 13.5. The molecule has 0 rings (SSSR count). The van der Waals surface area contributed by atoms with E-state index in [0.29, 0.717) is 0 Å². The first-order valence-corrected chi connectivity index (χ1v) is 8.75. The summed E-state index contributed by atoms with van der Waals surface area (Å²) in [5.41, 5.74) is 0. The average molecular weight is 222 g/mol. The van der Waals surface area contributed by atoms with E-state index in [0.717, 1.165) is 12.4 Å². The van der Waals surface area contributed by atoms with Gasteiger partial charge in [0.1, 0.15) is 0 Å². The molecule has 0 aromatic rings. The van der Waals surface area contributed by atoms with Gasteiger partial charge in [0.25, 0.3) is 0 Å². The number of hydrogen-bond donors (Lipinski definition) is 0. The smallest absolute Gasteiger partial charge is 0.0682 e. The summed E-state index contributed by atoms with van der Waals surface area (Å²) >= 11 is 5.73. The van der Waals surface area contributed by atoms with E-state index in [2.05, 4.69) is 32.7 Å². The quantitative estimate of drug-likeness (QED) is 0.472. The second-order valence-electron chi connectivity index (χ2n) is 3.99. The fourth-order valence-electron chi connectivity index (χ4n) is 1.88. The Hall–Kier alpha value is 0.467. The SMILES string of the molecule is CC[Si](CC)(CC)CN(C)CCCl. The standard InChI is InChI=1S/C10H24ClNSi/c1-5-13(6-2,7-3)10-12(4)9-8-11/h5-10H2,1-4H3. The van der Waals surface area contributed by atoms with Gasteiger partial charge in [0, 0.05) is 12.4 Å². The lowest BCUT2D eigenvalue weighted by Crippen LogP contribution is -2.45. The van der Waals surface area contributed by atoms with Gasteiger partial charge in [-0.1, -0.05) is 38.9 Å². The average Bonchev–Trinajstić information content (AvgIpc) is 2.15. The molecule has 0 unspecified atom stereocenters. The molecule has 0 amide bonds. The van der Waals surface area contributed by atoms with Gasteiger partial charge >= 0.3 is 0 Å². The Morgan fingerprint density at radius 1 is 1.08 bits per heavy atom. The van der Waals surface area contributed by atoms with Crippen molar-refractivity contribution in [3.63, 3.8) is 0 Å². The van der Waals surface area contributed by atoms with Crippen LogP contribution in [0.25, 0.3) is 0 Å². The first-order valence-electron chi connectivity index (χ1n) is 5.38. The Balaban J connectivity index is 4.07. The molecule has 0 aromatic carbocycles. The van der Waals surface area contributed by atoms with Gasteiger partial charge in [0.15, 0.2) is 0 Å². The molecular formula is C10H24ClNSi. The molecule has 0 aromatic heterocycles. The fraction of sp³-hybridized carbons (Fsp3) is 1.00. The summed E-state index contributed by atoms with van der Waals surface area (Å²) in [6.45, 7) is 8.10. The summed E-state index contributed by atoms with van der Waals surface area (Å²) < 4.78 is 0. The van der Waals surface area contributed by atoms with E-state index in [1.54, 1.807) is 0 Å².